The fourth-order valence-corrected chi connectivity index (χ4v) is 3.15. The van der Waals surface area contributed by atoms with Crippen molar-refractivity contribution in [2.75, 3.05) is 7.11 Å². The first-order valence-corrected chi connectivity index (χ1v) is 8.97. The van der Waals surface area contributed by atoms with Gasteiger partial charge in [-0.25, -0.2) is 14.2 Å². The molecule has 0 radical (unpaired) electrons. The Morgan fingerprint density at radius 2 is 1.90 bits per heavy atom. The third kappa shape index (κ3) is 4.19. The van der Waals surface area contributed by atoms with Crippen molar-refractivity contribution >= 4 is 6.09 Å². The van der Waals surface area contributed by atoms with E-state index in [0.717, 1.165) is 22.9 Å². The van der Waals surface area contributed by atoms with Gasteiger partial charge in [-0.15, -0.1) is 0 Å². The Hall–Kier alpha value is -3.85. The number of halogens is 1. The first kappa shape index (κ1) is 18.5. The average molecular weight is 388 g/mol. The lowest BCUT2D eigenvalue weighted by atomic mass is 9.95. The van der Waals surface area contributed by atoms with E-state index in [-0.39, 0.29) is 6.04 Å². The van der Waals surface area contributed by atoms with Crippen molar-refractivity contribution in [3.63, 3.8) is 0 Å². The maximum absolute atomic E-state index is 13.0. The SMILES string of the molecule is COc1cccc([C@H]2OC(=O)N[C@@H]2c2cccc(C#Cc3ccc(F)cn3)c2)c1. The van der Waals surface area contributed by atoms with E-state index >= 15 is 0 Å². The molecule has 29 heavy (non-hydrogen) atoms. The number of pyridine rings is 1. The Labute approximate surface area is 167 Å². The van der Waals surface area contributed by atoms with E-state index in [1.54, 1.807) is 7.11 Å². The van der Waals surface area contributed by atoms with Crippen LogP contribution < -0.4 is 10.1 Å². The summed E-state index contributed by atoms with van der Waals surface area (Å²) in [5.74, 6) is 6.22. The van der Waals surface area contributed by atoms with E-state index in [0.29, 0.717) is 11.4 Å². The average Bonchev–Trinajstić information content (AvgIpc) is 3.15. The lowest BCUT2D eigenvalue weighted by Crippen LogP contribution is -2.19. The van der Waals surface area contributed by atoms with Gasteiger partial charge < -0.3 is 14.8 Å². The van der Waals surface area contributed by atoms with E-state index in [9.17, 15) is 9.18 Å². The molecular formula is C23H17FN2O3. The molecule has 2 aromatic carbocycles. The van der Waals surface area contributed by atoms with Crippen LogP contribution in [0, 0.1) is 17.7 Å². The van der Waals surface area contributed by atoms with Gasteiger partial charge in [0.1, 0.15) is 17.3 Å². The van der Waals surface area contributed by atoms with Gasteiger partial charge in [0.15, 0.2) is 6.10 Å². The molecule has 3 aromatic rings. The fourth-order valence-electron chi connectivity index (χ4n) is 3.15. The number of aromatic nitrogens is 1. The van der Waals surface area contributed by atoms with E-state index in [4.69, 9.17) is 9.47 Å². The van der Waals surface area contributed by atoms with Crippen molar-refractivity contribution in [3.05, 3.63) is 95.1 Å². The van der Waals surface area contributed by atoms with E-state index < -0.39 is 18.0 Å². The second-order valence-electron chi connectivity index (χ2n) is 6.46. The monoisotopic (exact) mass is 388 g/mol. The summed E-state index contributed by atoms with van der Waals surface area (Å²) >= 11 is 0. The summed E-state index contributed by atoms with van der Waals surface area (Å²) in [7, 11) is 1.59. The molecule has 0 unspecified atom stereocenters. The molecule has 1 amide bonds. The van der Waals surface area contributed by atoms with Crippen molar-refractivity contribution in [3.8, 4) is 17.6 Å². The van der Waals surface area contributed by atoms with Crippen molar-refractivity contribution in [1.29, 1.82) is 0 Å². The molecule has 1 fully saturated rings. The van der Waals surface area contributed by atoms with Crippen LogP contribution in [-0.4, -0.2) is 18.2 Å². The van der Waals surface area contributed by atoms with Crippen molar-refractivity contribution in [1.82, 2.24) is 10.3 Å². The number of benzene rings is 2. The lowest BCUT2D eigenvalue weighted by molar-refractivity contribution is 0.132. The van der Waals surface area contributed by atoms with Crippen LogP contribution in [-0.2, 0) is 4.74 Å². The highest BCUT2D eigenvalue weighted by Crippen LogP contribution is 2.37. The molecule has 2 atom stereocenters. The maximum atomic E-state index is 13.0. The van der Waals surface area contributed by atoms with Crippen molar-refractivity contribution in [2.24, 2.45) is 0 Å². The molecule has 2 heterocycles. The summed E-state index contributed by atoms with van der Waals surface area (Å²) in [6.45, 7) is 0. The molecule has 6 heteroatoms. The number of ether oxygens (including phenoxy) is 2. The summed E-state index contributed by atoms with van der Waals surface area (Å²) < 4.78 is 23.7. The molecular weight excluding hydrogens is 371 g/mol. The molecule has 4 rings (SSSR count). The van der Waals surface area contributed by atoms with E-state index in [1.165, 1.54) is 12.1 Å². The number of hydrogen-bond donors (Lipinski definition) is 1. The largest absolute Gasteiger partial charge is 0.497 e. The lowest BCUT2D eigenvalue weighted by Gasteiger charge is -2.18. The van der Waals surface area contributed by atoms with Crippen LogP contribution in [0.5, 0.6) is 5.75 Å². The van der Waals surface area contributed by atoms with Gasteiger partial charge in [0.25, 0.3) is 0 Å². The number of alkyl carbamates (subject to hydrolysis) is 1. The van der Waals surface area contributed by atoms with Gasteiger partial charge in [0, 0.05) is 5.56 Å². The number of rotatable bonds is 3. The van der Waals surface area contributed by atoms with Gasteiger partial charge in [-0.3, -0.25) is 0 Å². The van der Waals surface area contributed by atoms with Crippen LogP contribution in [0.1, 0.15) is 34.5 Å². The summed E-state index contributed by atoms with van der Waals surface area (Å²) in [5.41, 5.74) is 2.92. The zero-order chi connectivity index (χ0) is 20.2. The Morgan fingerprint density at radius 1 is 1.07 bits per heavy atom. The Bertz CT molecular complexity index is 1100. The number of hydrogen-bond acceptors (Lipinski definition) is 4. The number of carbonyl (C=O) groups excluding carboxylic acids is 1. The quantitative estimate of drug-likeness (QED) is 0.685. The second-order valence-corrected chi connectivity index (χ2v) is 6.46. The van der Waals surface area contributed by atoms with Crippen LogP contribution in [0.2, 0.25) is 0 Å². The molecule has 1 aromatic heterocycles. The predicted molar refractivity (Wildman–Crippen MR) is 105 cm³/mol. The Morgan fingerprint density at radius 3 is 2.69 bits per heavy atom. The van der Waals surface area contributed by atoms with Gasteiger partial charge in [0.2, 0.25) is 0 Å². The van der Waals surface area contributed by atoms with Crippen LogP contribution in [0.25, 0.3) is 0 Å². The first-order chi connectivity index (χ1) is 14.1. The topological polar surface area (TPSA) is 60.5 Å². The van der Waals surface area contributed by atoms with Crippen molar-refractivity contribution < 1.29 is 18.7 Å². The molecule has 0 spiro atoms. The van der Waals surface area contributed by atoms with Crippen LogP contribution in [0.3, 0.4) is 0 Å². The smallest absolute Gasteiger partial charge is 0.408 e. The van der Waals surface area contributed by atoms with Gasteiger partial charge in [-0.2, -0.15) is 0 Å². The highest BCUT2D eigenvalue weighted by atomic mass is 19.1. The van der Waals surface area contributed by atoms with Crippen molar-refractivity contribution in [2.45, 2.75) is 12.1 Å². The molecule has 0 bridgehead atoms. The van der Waals surface area contributed by atoms with E-state index in [2.05, 4.69) is 22.1 Å². The van der Waals surface area contributed by atoms with E-state index in [1.807, 2.05) is 48.5 Å². The number of cyclic esters (lactones) is 1. The molecule has 0 aliphatic carbocycles. The maximum Gasteiger partial charge on any atom is 0.408 e. The van der Waals surface area contributed by atoms with Gasteiger partial charge in [0.05, 0.1) is 19.3 Å². The fraction of sp³-hybridized carbons (Fsp3) is 0.130. The van der Waals surface area contributed by atoms with Gasteiger partial charge in [-0.05, 0) is 53.4 Å². The number of carbonyl (C=O) groups is 1. The highest BCUT2D eigenvalue weighted by Gasteiger charge is 2.36. The Balaban J connectivity index is 1.62. The first-order valence-electron chi connectivity index (χ1n) is 8.97. The molecule has 0 saturated carbocycles. The normalized spacial score (nSPS) is 17.7. The summed E-state index contributed by atoms with van der Waals surface area (Å²) in [6.07, 6.45) is 0.166. The number of nitrogens with zero attached hydrogens (tertiary/aromatic N) is 1. The standard InChI is InChI=1S/C23H17FN2O3/c1-28-20-7-3-6-17(13-20)22-21(26-23(27)29-22)16-5-2-4-15(12-16)8-10-19-11-9-18(24)14-25-19/h2-7,9,11-14,21-22H,1H3,(H,26,27)/t21-,22-/m1/s1. The number of amides is 1. The summed E-state index contributed by atoms with van der Waals surface area (Å²) in [4.78, 5) is 15.9. The minimum absolute atomic E-state index is 0.361. The number of methoxy groups -OCH3 is 1. The molecule has 5 nitrogen and oxygen atoms in total. The summed E-state index contributed by atoms with van der Waals surface area (Å²) in [6, 6.07) is 17.4. The Kier molecular flexibility index (Phi) is 5.12. The zero-order valence-electron chi connectivity index (χ0n) is 15.6. The minimum Gasteiger partial charge on any atom is -0.497 e. The molecule has 1 N–H and O–H groups in total. The van der Waals surface area contributed by atoms with Crippen LogP contribution >= 0.6 is 0 Å². The van der Waals surface area contributed by atoms with Crippen LogP contribution in [0.15, 0.2) is 66.9 Å². The molecule has 1 aliphatic rings. The molecule has 144 valence electrons. The summed E-state index contributed by atoms with van der Waals surface area (Å²) in [5, 5.41) is 2.86. The molecule has 1 saturated heterocycles. The van der Waals surface area contributed by atoms with Gasteiger partial charge in [-0.1, -0.05) is 30.2 Å². The molecule has 1 aliphatic heterocycles. The van der Waals surface area contributed by atoms with Crippen LogP contribution in [0.4, 0.5) is 9.18 Å². The second kappa shape index (κ2) is 8.03. The third-order valence-corrected chi connectivity index (χ3v) is 4.54. The third-order valence-electron chi connectivity index (χ3n) is 4.54. The number of nitrogens with one attached hydrogen (secondary N) is 1. The zero-order valence-corrected chi connectivity index (χ0v) is 15.6. The minimum atomic E-state index is -0.487. The highest BCUT2D eigenvalue weighted by molar-refractivity contribution is 5.71. The van der Waals surface area contributed by atoms with Gasteiger partial charge >= 0.3 is 6.09 Å². The predicted octanol–water partition coefficient (Wildman–Crippen LogP) is 4.15.